The van der Waals surface area contributed by atoms with Crippen LogP contribution in [0.25, 0.3) is 0 Å². The lowest BCUT2D eigenvalue weighted by atomic mass is 9.59. The predicted octanol–water partition coefficient (Wildman–Crippen LogP) is 6.69. The lowest BCUT2D eigenvalue weighted by Gasteiger charge is -2.47. The van der Waals surface area contributed by atoms with Gasteiger partial charge in [0.2, 0.25) is 0 Å². The molecule has 0 amide bonds. The van der Waals surface area contributed by atoms with Crippen LogP contribution in [0.4, 0.5) is 0 Å². The van der Waals surface area contributed by atoms with Crippen LogP contribution in [0.5, 0.6) is 5.75 Å². The monoisotopic (exact) mass is 620 g/mol. The van der Waals surface area contributed by atoms with Crippen LogP contribution in [-0.2, 0) is 9.53 Å². The van der Waals surface area contributed by atoms with Gasteiger partial charge in [-0.1, -0.05) is 98.7 Å². The third-order valence-electron chi connectivity index (χ3n) is 9.72. The minimum atomic E-state index is -1.03. The average molecular weight is 621 g/mol. The number of carboxylic acid groups (broad SMARTS) is 1. The molecular weight excluding hydrogens is 568 g/mol. The molecule has 7 heteroatoms. The first kappa shape index (κ1) is 36.2. The molecule has 0 radical (unpaired) electrons. The van der Waals surface area contributed by atoms with E-state index in [1.807, 2.05) is 37.3 Å². The van der Waals surface area contributed by atoms with E-state index in [0.717, 1.165) is 17.2 Å². The van der Waals surface area contributed by atoms with Crippen molar-refractivity contribution in [1.29, 1.82) is 0 Å². The minimum absolute atomic E-state index is 0.00479. The molecule has 0 spiro atoms. The number of hydrogen-bond acceptors (Lipinski definition) is 6. The Bertz CT molecular complexity index is 1330. The topological polar surface area (TPSA) is 127 Å². The van der Waals surface area contributed by atoms with Gasteiger partial charge < -0.3 is 30.3 Å². The summed E-state index contributed by atoms with van der Waals surface area (Å²) < 4.78 is 6.20. The van der Waals surface area contributed by atoms with Gasteiger partial charge in [-0.3, -0.25) is 0 Å². The van der Waals surface area contributed by atoms with Crippen LogP contribution in [-0.4, -0.2) is 56.4 Å². The number of carbonyl (C=O) groups is 1. The summed E-state index contributed by atoms with van der Waals surface area (Å²) in [6, 6.07) is 7.20. The Balaban J connectivity index is 1.77. The van der Waals surface area contributed by atoms with E-state index >= 15 is 0 Å². The largest absolute Gasteiger partial charge is 0.508 e. The highest BCUT2D eigenvalue weighted by Gasteiger charge is 2.59. The van der Waals surface area contributed by atoms with Crippen molar-refractivity contribution in [3.8, 4) is 5.75 Å². The standard InChI is InChI=1S/C38H52O7/c1-24(15-21-33(42)43)14-20-32(41)26(3)31(40)13-11-9-8-10-12-29-25(2)22-30-35(37(4,5)23-38(30,6)44)34(29)36(45-7)27-16-18-28(39)19-17-27/h8-19,21-22,26,29-32,34-36,39-41,44H,20,23H2,1-7H3,(H,42,43)/b9-8+,12-10-,13-11-,21-15+,24-14+/t26-,29-,30+,31+,32+,34-,35-,36-,38+/m0/s1. The number of aliphatic hydroxyl groups is 3. The molecule has 5 N–H and O–H groups in total. The lowest BCUT2D eigenvalue weighted by molar-refractivity contribution is -0.131. The van der Waals surface area contributed by atoms with Gasteiger partial charge in [-0.15, -0.1) is 0 Å². The number of aromatic hydroxyl groups is 1. The molecule has 0 aliphatic heterocycles. The fourth-order valence-corrected chi connectivity index (χ4v) is 7.52. The van der Waals surface area contributed by atoms with Crippen LogP contribution in [0, 0.1) is 35.0 Å². The van der Waals surface area contributed by atoms with Crippen LogP contribution in [0.2, 0.25) is 0 Å². The van der Waals surface area contributed by atoms with Crippen molar-refractivity contribution in [2.75, 3.05) is 7.11 Å². The van der Waals surface area contributed by atoms with Gasteiger partial charge in [0.05, 0.1) is 23.9 Å². The van der Waals surface area contributed by atoms with E-state index < -0.39 is 29.7 Å². The van der Waals surface area contributed by atoms with E-state index in [1.165, 1.54) is 11.6 Å². The molecule has 1 aromatic carbocycles. The van der Waals surface area contributed by atoms with Gasteiger partial charge in [0.25, 0.3) is 0 Å². The molecule has 1 aromatic rings. The van der Waals surface area contributed by atoms with Crippen LogP contribution < -0.4 is 0 Å². The van der Waals surface area contributed by atoms with Gasteiger partial charge in [-0.05, 0) is 62.6 Å². The highest BCUT2D eigenvalue weighted by Crippen LogP contribution is 2.62. The number of fused-ring (bicyclic) bond motifs is 1. The first-order valence-electron chi connectivity index (χ1n) is 15.8. The Morgan fingerprint density at radius 3 is 2.33 bits per heavy atom. The summed E-state index contributed by atoms with van der Waals surface area (Å²) in [5.74, 6) is -0.998. The van der Waals surface area contributed by atoms with Crippen LogP contribution in [0.15, 0.2) is 96.2 Å². The summed E-state index contributed by atoms with van der Waals surface area (Å²) in [5.41, 5.74) is 1.95. The fourth-order valence-electron chi connectivity index (χ4n) is 7.52. The molecule has 45 heavy (non-hydrogen) atoms. The minimum Gasteiger partial charge on any atom is -0.508 e. The normalized spacial score (nSPS) is 29.7. The van der Waals surface area contributed by atoms with Crippen LogP contribution in [0.1, 0.15) is 66.1 Å². The van der Waals surface area contributed by atoms with Crippen molar-refractivity contribution in [1.82, 2.24) is 0 Å². The summed E-state index contributed by atoms with van der Waals surface area (Å²) in [6.45, 7) is 12.1. The summed E-state index contributed by atoms with van der Waals surface area (Å²) >= 11 is 0. The number of rotatable bonds is 13. The van der Waals surface area contributed by atoms with Crippen molar-refractivity contribution in [2.45, 2.75) is 78.3 Å². The highest BCUT2D eigenvalue weighted by atomic mass is 16.5. The maximum atomic E-state index is 11.5. The molecule has 246 valence electrons. The Kier molecular flexibility index (Phi) is 12.4. The zero-order chi connectivity index (χ0) is 33.5. The second kappa shape index (κ2) is 15.4. The van der Waals surface area contributed by atoms with E-state index in [4.69, 9.17) is 9.84 Å². The summed E-state index contributed by atoms with van der Waals surface area (Å²) in [7, 11) is 1.73. The molecule has 0 heterocycles. The fraction of sp³-hybridized carbons (Fsp3) is 0.500. The van der Waals surface area contributed by atoms with Crippen molar-refractivity contribution < 1.29 is 35.1 Å². The zero-order valence-corrected chi connectivity index (χ0v) is 27.7. The Morgan fingerprint density at radius 1 is 1.07 bits per heavy atom. The van der Waals surface area contributed by atoms with Gasteiger partial charge in [-0.2, -0.15) is 0 Å². The highest BCUT2D eigenvalue weighted by molar-refractivity contribution is 5.80. The quantitative estimate of drug-likeness (QED) is 0.0945. The molecular formula is C38H52O7. The van der Waals surface area contributed by atoms with E-state index in [2.05, 4.69) is 32.9 Å². The smallest absolute Gasteiger partial charge is 0.328 e. The zero-order valence-electron chi connectivity index (χ0n) is 27.7. The van der Waals surface area contributed by atoms with Crippen molar-refractivity contribution in [2.24, 2.45) is 35.0 Å². The molecule has 0 saturated heterocycles. The molecule has 0 aromatic heterocycles. The number of benzene rings is 1. The van der Waals surface area contributed by atoms with E-state index in [-0.39, 0.29) is 40.9 Å². The number of phenolic OH excluding ortho intramolecular Hbond substituents is 1. The molecule has 7 nitrogen and oxygen atoms in total. The number of ether oxygens (including phenoxy) is 1. The van der Waals surface area contributed by atoms with Crippen molar-refractivity contribution in [3.63, 3.8) is 0 Å². The Labute approximate surface area is 268 Å². The number of aliphatic hydroxyl groups excluding tert-OH is 2. The molecule has 3 rings (SSSR count). The summed E-state index contributed by atoms with van der Waals surface area (Å²) in [5, 5.41) is 51.2. The Hall–Kier alpha value is -3.23. The third kappa shape index (κ3) is 9.17. The maximum absolute atomic E-state index is 11.5. The molecule has 0 unspecified atom stereocenters. The number of hydrogen-bond donors (Lipinski definition) is 5. The van der Waals surface area contributed by atoms with Gasteiger partial charge in [0.15, 0.2) is 0 Å². The Morgan fingerprint density at radius 2 is 1.71 bits per heavy atom. The number of carboxylic acids is 1. The number of allylic oxidation sites excluding steroid dienone is 8. The first-order chi connectivity index (χ1) is 21.1. The third-order valence-corrected chi connectivity index (χ3v) is 9.72. The molecule has 1 fully saturated rings. The summed E-state index contributed by atoms with van der Waals surface area (Å²) in [6.07, 6.45) is 17.0. The molecule has 2 aliphatic rings. The molecule has 0 bridgehead atoms. The number of aliphatic carboxylic acids is 1. The van der Waals surface area contributed by atoms with Crippen LogP contribution >= 0.6 is 0 Å². The lowest BCUT2D eigenvalue weighted by Crippen LogP contribution is -2.43. The average Bonchev–Trinajstić information content (AvgIpc) is 3.16. The number of methoxy groups -OCH3 is 1. The van der Waals surface area contributed by atoms with E-state index in [9.17, 15) is 25.2 Å². The van der Waals surface area contributed by atoms with Crippen molar-refractivity contribution in [3.05, 3.63) is 102 Å². The van der Waals surface area contributed by atoms with Gasteiger partial charge >= 0.3 is 5.97 Å². The second-order valence-electron chi connectivity index (χ2n) is 13.8. The van der Waals surface area contributed by atoms with E-state index in [0.29, 0.717) is 12.8 Å². The first-order valence-corrected chi connectivity index (χ1v) is 15.8. The predicted molar refractivity (Wildman–Crippen MR) is 178 cm³/mol. The maximum Gasteiger partial charge on any atom is 0.328 e. The van der Waals surface area contributed by atoms with Crippen LogP contribution in [0.3, 0.4) is 0 Å². The van der Waals surface area contributed by atoms with Gasteiger partial charge in [0.1, 0.15) is 5.75 Å². The molecule has 1 saturated carbocycles. The summed E-state index contributed by atoms with van der Waals surface area (Å²) in [4.78, 5) is 10.7. The number of phenols is 1. The SMILES string of the molecule is CO[C@@H](c1ccc(O)cc1)[C@@H]1[C@@H]2[C@@H](C=C(C)[C@@H]1\C=C/C=C/C=C\[C@@H](O)[C@H](C)[C@H](O)C/C=C(C)/C=C/C(=O)O)[C@](C)(O)CC2(C)C. The molecule has 9 atom stereocenters. The van der Waals surface area contributed by atoms with Gasteiger partial charge in [-0.25, -0.2) is 4.79 Å². The van der Waals surface area contributed by atoms with Gasteiger partial charge in [0, 0.05) is 36.9 Å². The van der Waals surface area contributed by atoms with E-state index in [1.54, 1.807) is 51.3 Å². The second-order valence-corrected chi connectivity index (χ2v) is 13.8. The van der Waals surface area contributed by atoms with Crippen molar-refractivity contribution >= 4 is 5.97 Å². The molecule has 2 aliphatic carbocycles.